The fraction of sp³-hybridized carbons (Fsp3) is 0.565. The zero-order chi connectivity index (χ0) is 20.1. The predicted molar refractivity (Wildman–Crippen MR) is 117 cm³/mol. The molecule has 2 aliphatic rings. The maximum atomic E-state index is 5.85. The second-order valence-corrected chi connectivity index (χ2v) is 8.75. The lowest BCUT2D eigenvalue weighted by Gasteiger charge is -2.37. The van der Waals surface area contributed by atoms with Crippen molar-refractivity contribution in [3.05, 3.63) is 48.3 Å². The van der Waals surface area contributed by atoms with Crippen LogP contribution in [-0.4, -0.2) is 54.9 Å². The summed E-state index contributed by atoms with van der Waals surface area (Å²) in [6.45, 7) is 11.0. The number of nitrogens with one attached hydrogen (secondary N) is 1. The molecule has 1 N–H and O–H groups in total. The second-order valence-electron chi connectivity index (χ2n) is 8.75. The maximum absolute atomic E-state index is 5.85. The molecule has 0 spiro atoms. The molecule has 2 aromatic rings. The summed E-state index contributed by atoms with van der Waals surface area (Å²) in [5, 5.41) is 3.68. The van der Waals surface area contributed by atoms with Gasteiger partial charge in [0.2, 0.25) is 0 Å². The van der Waals surface area contributed by atoms with Gasteiger partial charge in [-0.3, -0.25) is 0 Å². The minimum absolute atomic E-state index is 0.0113. The van der Waals surface area contributed by atoms with E-state index in [-0.39, 0.29) is 5.60 Å². The van der Waals surface area contributed by atoms with Crippen LogP contribution in [-0.2, 0) is 11.3 Å². The highest BCUT2D eigenvalue weighted by atomic mass is 16.5. The summed E-state index contributed by atoms with van der Waals surface area (Å²) >= 11 is 0. The van der Waals surface area contributed by atoms with Crippen LogP contribution in [0.25, 0.3) is 0 Å². The highest BCUT2D eigenvalue weighted by Gasteiger charge is 2.28. The Morgan fingerprint density at radius 2 is 1.83 bits per heavy atom. The van der Waals surface area contributed by atoms with Gasteiger partial charge in [-0.2, -0.15) is 0 Å². The molecular weight excluding hydrogens is 362 g/mol. The lowest BCUT2D eigenvalue weighted by molar-refractivity contribution is -0.0718. The van der Waals surface area contributed by atoms with E-state index < -0.39 is 0 Å². The van der Waals surface area contributed by atoms with Crippen LogP contribution in [0.15, 0.2) is 42.7 Å². The lowest BCUT2D eigenvalue weighted by Crippen LogP contribution is -2.47. The molecule has 29 heavy (non-hydrogen) atoms. The first kappa shape index (κ1) is 20.1. The number of ether oxygens (including phenoxy) is 1. The molecule has 1 atom stereocenters. The number of anilines is 2. The van der Waals surface area contributed by atoms with E-state index in [4.69, 9.17) is 9.72 Å². The Morgan fingerprint density at radius 3 is 2.59 bits per heavy atom. The van der Waals surface area contributed by atoms with Crippen LogP contribution in [0.5, 0.6) is 0 Å². The molecule has 0 aromatic carbocycles. The molecule has 2 aliphatic heterocycles. The van der Waals surface area contributed by atoms with Crippen molar-refractivity contribution in [3.63, 3.8) is 0 Å². The van der Waals surface area contributed by atoms with Crippen LogP contribution < -0.4 is 15.1 Å². The van der Waals surface area contributed by atoms with Crippen LogP contribution in [0.1, 0.15) is 32.3 Å². The number of piperazine rings is 1. The molecule has 0 aliphatic carbocycles. The Bertz CT molecular complexity index is 774. The average Bonchev–Trinajstić information content (AvgIpc) is 2.74. The molecule has 0 saturated carbocycles. The summed E-state index contributed by atoms with van der Waals surface area (Å²) in [5.74, 6) is 2.86. The molecule has 4 heterocycles. The lowest BCUT2D eigenvalue weighted by atomic mass is 9.88. The third kappa shape index (κ3) is 5.25. The minimum atomic E-state index is 0.0113. The molecular formula is C23H33N5O. The van der Waals surface area contributed by atoms with E-state index in [9.17, 15) is 0 Å². The number of hydrogen-bond donors (Lipinski definition) is 1. The highest BCUT2D eigenvalue weighted by Crippen LogP contribution is 2.28. The van der Waals surface area contributed by atoms with E-state index in [1.165, 1.54) is 5.56 Å². The monoisotopic (exact) mass is 395 g/mol. The van der Waals surface area contributed by atoms with Gasteiger partial charge in [0.05, 0.1) is 5.60 Å². The molecule has 6 nitrogen and oxygen atoms in total. The van der Waals surface area contributed by atoms with E-state index in [1.54, 1.807) is 0 Å². The molecule has 0 amide bonds. The smallest absolute Gasteiger partial charge is 0.133 e. The van der Waals surface area contributed by atoms with Crippen molar-refractivity contribution in [1.29, 1.82) is 0 Å². The first-order chi connectivity index (χ1) is 14.1. The Hall–Kier alpha value is -2.18. The van der Waals surface area contributed by atoms with Crippen LogP contribution in [0, 0.1) is 5.92 Å². The summed E-state index contributed by atoms with van der Waals surface area (Å²) in [4.78, 5) is 14.0. The Morgan fingerprint density at radius 1 is 1.03 bits per heavy atom. The summed E-state index contributed by atoms with van der Waals surface area (Å²) in [5.41, 5.74) is 1.29. The van der Waals surface area contributed by atoms with Gasteiger partial charge >= 0.3 is 0 Å². The Kier molecular flexibility index (Phi) is 6.31. The van der Waals surface area contributed by atoms with Gasteiger partial charge in [-0.25, -0.2) is 9.97 Å². The zero-order valence-corrected chi connectivity index (χ0v) is 17.7. The summed E-state index contributed by atoms with van der Waals surface area (Å²) < 4.78 is 5.85. The van der Waals surface area contributed by atoms with Crippen molar-refractivity contribution < 1.29 is 4.74 Å². The topological polar surface area (TPSA) is 53.5 Å². The molecule has 2 fully saturated rings. The highest BCUT2D eigenvalue weighted by molar-refractivity contribution is 5.49. The van der Waals surface area contributed by atoms with E-state index >= 15 is 0 Å². The van der Waals surface area contributed by atoms with Gasteiger partial charge in [0.1, 0.15) is 11.6 Å². The second kappa shape index (κ2) is 9.09. The Labute approximate surface area is 174 Å². The first-order valence-corrected chi connectivity index (χ1v) is 10.8. The van der Waals surface area contributed by atoms with Gasteiger partial charge in [0, 0.05) is 57.3 Å². The van der Waals surface area contributed by atoms with Gasteiger partial charge in [-0.05, 0) is 57.4 Å². The quantitative estimate of drug-likeness (QED) is 0.811. The van der Waals surface area contributed by atoms with Crippen molar-refractivity contribution in [1.82, 2.24) is 15.3 Å². The number of nitrogens with zero attached hydrogens (tertiary/aromatic N) is 4. The van der Waals surface area contributed by atoms with Crippen LogP contribution >= 0.6 is 0 Å². The van der Waals surface area contributed by atoms with E-state index in [2.05, 4.69) is 52.1 Å². The van der Waals surface area contributed by atoms with Gasteiger partial charge in [0.15, 0.2) is 0 Å². The van der Waals surface area contributed by atoms with Gasteiger partial charge in [-0.15, -0.1) is 0 Å². The number of hydrogen-bond acceptors (Lipinski definition) is 6. The Balaban J connectivity index is 1.32. The molecule has 1 unspecified atom stereocenters. The van der Waals surface area contributed by atoms with Gasteiger partial charge in [-0.1, -0.05) is 12.1 Å². The van der Waals surface area contributed by atoms with Crippen molar-refractivity contribution >= 4 is 11.6 Å². The summed E-state index contributed by atoms with van der Waals surface area (Å²) in [7, 11) is 0. The molecule has 4 rings (SSSR count). The third-order valence-corrected chi connectivity index (χ3v) is 5.97. The molecule has 0 bridgehead atoms. The van der Waals surface area contributed by atoms with Crippen molar-refractivity contribution in [2.75, 3.05) is 49.1 Å². The molecule has 6 heteroatoms. The standard InChI is InChI=1S/C23H33N5O/c1-23(2)16-19(8-15-29-23)17-24-18-20-6-5-10-26-22(20)28-13-11-27(12-14-28)21-7-3-4-9-25-21/h3-7,9-10,19,24H,8,11-18H2,1-2H3. The minimum Gasteiger partial charge on any atom is -0.376 e. The molecule has 0 radical (unpaired) electrons. The van der Waals surface area contributed by atoms with E-state index in [0.717, 1.165) is 70.4 Å². The summed E-state index contributed by atoms with van der Waals surface area (Å²) in [6.07, 6.45) is 6.04. The van der Waals surface area contributed by atoms with Crippen molar-refractivity contribution in [2.24, 2.45) is 5.92 Å². The fourth-order valence-corrected chi connectivity index (χ4v) is 4.48. The van der Waals surface area contributed by atoms with E-state index in [1.807, 2.05) is 24.5 Å². The number of rotatable bonds is 6. The molecule has 156 valence electrons. The normalized spacial score (nSPS) is 21.9. The number of pyridine rings is 2. The van der Waals surface area contributed by atoms with Crippen LogP contribution in [0.4, 0.5) is 11.6 Å². The van der Waals surface area contributed by atoms with Crippen LogP contribution in [0.3, 0.4) is 0 Å². The summed E-state index contributed by atoms with van der Waals surface area (Å²) in [6, 6.07) is 10.4. The van der Waals surface area contributed by atoms with Gasteiger partial charge < -0.3 is 19.9 Å². The maximum Gasteiger partial charge on any atom is 0.133 e. The average molecular weight is 396 g/mol. The first-order valence-electron chi connectivity index (χ1n) is 10.8. The number of aromatic nitrogens is 2. The van der Waals surface area contributed by atoms with Crippen molar-refractivity contribution in [3.8, 4) is 0 Å². The zero-order valence-electron chi connectivity index (χ0n) is 17.7. The van der Waals surface area contributed by atoms with Crippen LogP contribution in [0.2, 0.25) is 0 Å². The molecule has 2 aromatic heterocycles. The van der Waals surface area contributed by atoms with Gasteiger partial charge in [0.25, 0.3) is 0 Å². The van der Waals surface area contributed by atoms with E-state index in [0.29, 0.717) is 5.92 Å². The largest absolute Gasteiger partial charge is 0.376 e. The van der Waals surface area contributed by atoms with Crippen molar-refractivity contribution in [2.45, 2.75) is 38.8 Å². The predicted octanol–water partition coefficient (Wildman–Crippen LogP) is 3.10. The SMILES string of the molecule is CC1(C)CC(CNCc2cccnc2N2CCN(c3ccccn3)CC2)CCO1. The fourth-order valence-electron chi connectivity index (χ4n) is 4.48. The molecule has 2 saturated heterocycles. The third-order valence-electron chi connectivity index (χ3n) is 5.97.